The molecular weight excluding hydrogens is 212 g/mol. The average Bonchev–Trinajstić information content (AvgIpc) is 2.21. The summed E-state index contributed by atoms with van der Waals surface area (Å²) in [5.74, 6) is 0. The van der Waals surface area contributed by atoms with Gasteiger partial charge in [0.25, 0.3) is 0 Å². The smallest absolute Gasteiger partial charge is 0.243 e. The van der Waals surface area contributed by atoms with Crippen molar-refractivity contribution in [1.29, 1.82) is 5.26 Å². The van der Waals surface area contributed by atoms with Crippen molar-refractivity contribution in [2.45, 2.75) is 11.8 Å². The molecule has 0 saturated carbocycles. The van der Waals surface area contributed by atoms with Crippen LogP contribution in [0.5, 0.6) is 0 Å². The normalized spacial score (nSPS) is 10.8. The van der Waals surface area contributed by atoms with E-state index in [1.807, 2.05) is 5.40 Å². The van der Waals surface area contributed by atoms with Gasteiger partial charge in [0.05, 0.1) is 4.92 Å². The van der Waals surface area contributed by atoms with Crippen molar-refractivity contribution in [3.63, 3.8) is 0 Å². The summed E-state index contributed by atoms with van der Waals surface area (Å²) in [7, 11) is 0. The van der Waals surface area contributed by atoms with Crippen LogP contribution in [-0.2, 0) is 0 Å². The molecule has 0 N–H and O–H groups in total. The number of benzene rings is 1. The van der Waals surface area contributed by atoms with Gasteiger partial charge in [0.15, 0.2) is 0 Å². The molecule has 0 spiro atoms. The zero-order valence-electron chi connectivity index (χ0n) is 8.01. The van der Waals surface area contributed by atoms with Gasteiger partial charge in [-0.3, -0.25) is 10.1 Å². The first-order valence-corrected chi connectivity index (χ1v) is 4.94. The maximum atomic E-state index is 10.4. The summed E-state index contributed by atoms with van der Waals surface area (Å²) in [6.07, 6.45) is 1.49. The molecule has 0 heterocycles. The van der Waals surface area contributed by atoms with E-state index in [9.17, 15) is 10.1 Å². The minimum absolute atomic E-state index is 0.0932. The first kappa shape index (κ1) is 11.3. The second-order valence-corrected chi connectivity index (χ2v) is 3.66. The average molecular weight is 220 g/mol. The Morgan fingerprint density at radius 2 is 2.13 bits per heavy atom. The molecule has 1 aromatic carbocycles. The molecule has 0 aromatic heterocycles. The van der Waals surface area contributed by atoms with Crippen LogP contribution in [0.15, 0.2) is 34.9 Å². The quantitative estimate of drug-likeness (QED) is 0.340. The zero-order valence-corrected chi connectivity index (χ0v) is 8.82. The highest BCUT2D eigenvalue weighted by atomic mass is 32.2. The highest BCUT2D eigenvalue weighted by molar-refractivity contribution is 8.03. The van der Waals surface area contributed by atoms with E-state index >= 15 is 0 Å². The molecule has 5 heteroatoms. The Hall–Kier alpha value is -1.80. The van der Waals surface area contributed by atoms with Crippen molar-refractivity contribution in [3.05, 3.63) is 45.6 Å². The number of thioether (sulfide) groups is 1. The van der Waals surface area contributed by atoms with E-state index in [1.54, 1.807) is 24.3 Å². The summed E-state index contributed by atoms with van der Waals surface area (Å²) in [6.45, 7) is 1.44. The monoisotopic (exact) mass is 220 g/mol. The molecule has 0 amide bonds. The molecule has 4 nitrogen and oxygen atoms in total. The van der Waals surface area contributed by atoms with E-state index < -0.39 is 4.92 Å². The molecule has 1 rings (SSSR count). The molecule has 0 unspecified atom stereocenters. The summed E-state index contributed by atoms with van der Waals surface area (Å²) >= 11 is 1.06. The summed E-state index contributed by atoms with van der Waals surface area (Å²) in [5, 5.41) is 20.7. The lowest BCUT2D eigenvalue weighted by Gasteiger charge is -1.95. The number of rotatable bonds is 3. The van der Waals surface area contributed by atoms with Crippen LogP contribution in [0.25, 0.3) is 6.08 Å². The van der Waals surface area contributed by atoms with E-state index in [0.29, 0.717) is 0 Å². The molecular formula is C10H8N2O2S. The first-order valence-electron chi connectivity index (χ1n) is 4.12. The van der Waals surface area contributed by atoms with Crippen molar-refractivity contribution in [3.8, 4) is 5.40 Å². The Labute approximate surface area is 91.4 Å². The molecule has 0 saturated heterocycles. The fourth-order valence-corrected chi connectivity index (χ4v) is 1.36. The van der Waals surface area contributed by atoms with Crippen molar-refractivity contribution in [1.82, 2.24) is 0 Å². The molecule has 15 heavy (non-hydrogen) atoms. The van der Waals surface area contributed by atoms with Gasteiger partial charge in [-0.25, -0.2) is 0 Å². The Kier molecular flexibility index (Phi) is 3.89. The van der Waals surface area contributed by atoms with Gasteiger partial charge in [-0.15, -0.1) is 0 Å². The maximum absolute atomic E-state index is 10.4. The third-order valence-electron chi connectivity index (χ3n) is 1.71. The number of nitriles is 1. The minimum atomic E-state index is -0.433. The fraction of sp³-hybridized carbons (Fsp3) is 0.100. The molecule has 0 bridgehead atoms. The van der Waals surface area contributed by atoms with E-state index in [4.69, 9.17) is 5.26 Å². The lowest BCUT2D eigenvalue weighted by Crippen LogP contribution is -1.92. The molecule has 1 aromatic rings. The predicted octanol–water partition coefficient (Wildman–Crippen LogP) is 2.90. The summed E-state index contributed by atoms with van der Waals surface area (Å²) in [4.78, 5) is 10.8. The van der Waals surface area contributed by atoms with Gasteiger partial charge < -0.3 is 0 Å². The van der Waals surface area contributed by atoms with Crippen LogP contribution in [0, 0.1) is 20.8 Å². The summed E-state index contributed by atoms with van der Waals surface area (Å²) in [5.41, 5.74) is 0.849. The van der Waals surface area contributed by atoms with Gasteiger partial charge in [0, 0.05) is 17.9 Å². The molecule has 0 radical (unpaired) electrons. The highest BCUT2D eigenvalue weighted by Gasteiger charge is 2.01. The van der Waals surface area contributed by atoms with E-state index in [1.165, 1.54) is 13.0 Å². The Balaban J connectivity index is 2.86. The standard InChI is InChI=1S/C10H8N2O2S/c1-8(12(13)14)6-9-2-4-10(5-3-9)15-7-11/h2-6H,1H3. The van der Waals surface area contributed by atoms with Crippen LogP contribution in [0.4, 0.5) is 0 Å². The number of nitrogens with zero attached hydrogens (tertiary/aromatic N) is 2. The maximum Gasteiger partial charge on any atom is 0.243 e. The van der Waals surface area contributed by atoms with Gasteiger partial charge in [0.1, 0.15) is 5.40 Å². The van der Waals surface area contributed by atoms with Gasteiger partial charge in [-0.2, -0.15) is 5.26 Å². The third kappa shape index (κ3) is 3.44. The fourth-order valence-electron chi connectivity index (χ4n) is 0.979. The molecule has 0 aliphatic carbocycles. The van der Waals surface area contributed by atoms with Crippen LogP contribution in [0.2, 0.25) is 0 Å². The largest absolute Gasteiger partial charge is 0.259 e. The molecule has 0 atom stereocenters. The summed E-state index contributed by atoms with van der Waals surface area (Å²) < 4.78 is 0. The molecule has 0 aliphatic rings. The van der Waals surface area contributed by atoms with E-state index in [-0.39, 0.29) is 5.70 Å². The van der Waals surface area contributed by atoms with Crippen LogP contribution in [-0.4, -0.2) is 4.92 Å². The topological polar surface area (TPSA) is 66.9 Å². The number of hydrogen-bond acceptors (Lipinski definition) is 4. The number of hydrogen-bond donors (Lipinski definition) is 0. The van der Waals surface area contributed by atoms with Gasteiger partial charge in [-0.05, 0) is 29.5 Å². The van der Waals surface area contributed by atoms with Gasteiger partial charge in [0.2, 0.25) is 5.70 Å². The lowest BCUT2D eigenvalue weighted by atomic mass is 10.2. The van der Waals surface area contributed by atoms with E-state index in [2.05, 4.69) is 0 Å². The van der Waals surface area contributed by atoms with Crippen molar-refractivity contribution in [2.24, 2.45) is 0 Å². The minimum Gasteiger partial charge on any atom is -0.259 e. The number of thiocyanates is 1. The zero-order chi connectivity index (χ0) is 11.3. The third-order valence-corrected chi connectivity index (χ3v) is 2.31. The highest BCUT2D eigenvalue weighted by Crippen LogP contribution is 2.17. The van der Waals surface area contributed by atoms with Crippen LogP contribution in [0.1, 0.15) is 12.5 Å². The Morgan fingerprint density at radius 3 is 2.60 bits per heavy atom. The molecule has 0 fully saturated rings. The van der Waals surface area contributed by atoms with Gasteiger partial charge in [-0.1, -0.05) is 12.1 Å². The lowest BCUT2D eigenvalue weighted by molar-refractivity contribution is -0.422. The Morgan fingerprint density at radius 1 is 1.53 bits per heavy atom. The van der Waals surface area contributed by atoms with E-state index in [0.717, 1.165) is 22.2 Å². The van der Waals surface area contributed by atoms with Crippen LogP contribution >= 0.6 is 11.8 Å². The van der Waals surface area contributed by atoms with Crippen molar-refractivity contribution < 1.29 is 4.92 Å². The number of nitro groups is 1. The Bertz CT molecular complexity index is 432. The second-order valence-electron chi connectivity index (χ2n) is 2.81. The predicted molar refractivity (Wildman–Crippen MR) is 58.6 cm³/mol. The molecule has 0 aliphatic heterocycles. The molecule has 76 valence electrons. The van der Waals surface area contributed by atoms with Crippen LogP contribution < -0.4 is 0 Å². The SMILES string of the molecule is CC(=Cc1ccc(SC#N)cc1)[N+](=O)[O-]. The second kappa shape index (κ2) is 5.17. The van der Waals surface area contributed by atoms with Crippen molar-refractivity contribution >= 4 is 17.8 Å². The number of allylic oxidation sites excluding steroid dienone is 1. The first-order chi connectivity index (χ1) is 7.13. The van der Waals surface area contributed by atoms with Gasteiger partial charge >= 0.3 is 0 Å². The van der Waals surface area contributed by atoms with Crippen molar-refractivity contribution in [2.75, 3.05) is 0 Å². The summed E-state index contributed by atoms with van der Waals surface area (Å²) in [6, 6.07) is 7.00. The van der Waals surface area contributed by atoms with Crippen LogP contribution in [0.3, 0.4) is 0 Å².